The molecule has 1 N–H and O–H groups in total. The predicted octanol–water partition coefficient (Wildman–Crippen LogP) is 3.76. The quantitative estimate of drug-likeness (QED) is 0.366. The number of sulfonamides is 1. The third-order valence-electron chi connectivity index (χ3n) is 6.39. The van der Waals surface area contributed by atoms with E-state index in [1.165, 1.54) is 37.3 Å². The van der Waals surface area contributed by atoms with Crippen LogP contribution in [0, 0.1) is 6.92 Å². The van der Waals surface area contributed by atoms with Gasteiger partial charge < -0.3 is 19.7 Å². The van der Waals surface area contributed by atoms with E-state index in [9.17, 15) is 18.0 Å². The van der Waals surface area contributed by atoms with Crippen LogP contribution in [0.2, 0.25) is 0 Å². The fourth-order valence-electron chi connectivity index (χ4n) is 4.10. The molecule has 3 rings (SSSR count). The average molecular weight is 554 g/mol. The van der Waals surface area contributed by atoms with Gasteiger partial charge in [0.15, 0.2) is 11.5 Å². The molecule has 0 bridgehead atoms. The average Bonchev–Trinajstić information content (AvgIpc) is 2.95. The van der Waals surface area contributed by atoms with Crippen LogP contribution in [0.25, 0.3) is 0 Å². The van der Waals surface area contributed by atoms with Crippen molar-refractivity contribution in [3.8, 4) is 11.5 Å². The summed E-state index contributed by atoms with van der Waals surface area (Å²) < 4.78 is 39.5. The van der Waals surface area contributed by atoms with Crippen molar-refractivity contribution in [3.63, 3.8) is 0 Å². The lowest BCUT2D eigenvalue weighted by atomic mass is 10.1. The third kappa shape index (κ3) is 6.88. The van der Waals surface area contributed by atoms with Crippen molar-refractivity contribution in [1.82, 2.24) is 10.2 Å². The second-order valence-corrected chi connectivity index (χ2v) is 10.7. The van der Waals surface area contributed by atoms with Gasteiger partial charge in [0, 0.05) is 19.2 Å². The molecule has 0 aromatic heterocycles. The van der Waals surface area contributed by atoms with Crippen molar-refractivity contribution in [2.45, 2.75) is 38.3 Å². The number of nitrogens with zero attached hydrogens (tertiary/aromatic N) is 2. The first-order valence-electron chi connectivity index (χ1n) is 12.6. The molecule has 1 unspecified atom stereocenters. The number of hydrogen-bond donors (Lipinski definition) is 1. The number of carbonyl (C=O) groups excluding carboxylic acids is 2. The first-order chi connectivity index (χ1) is 18.6. The number of ether oxygens (including phenoxy) is 2. The monoisotopic (exact) mass is 553 g/mol. The first kappa shape index (κ1) is 29.5. The Hall–Kier alpha value is -4.05. The number of nitrogens with one attached hydrogen (secondary N) is 1. The summed E-state index contributed by atoms with van der Waals surface area (Å²) in [4.78, 5) is 28.0. The zero-order valence-electron chi connectivity index (χ0n) is 22.9. The van der Waals surface area contributed by atoms with Crippen molar-refractivity contribution in [2.75, 3.05) is 31.6 Å². The number of methoxy groups -OCH3 is 2. The van der Waals surface area contributed by atoms with E-state index >= 15 is 0 Å². The molecular weight excluding hydrogens is 518 g/mol. The minimum atomic E-state index is -4.23. The van der Waals surface area contributed by atoms with Gasteiger partial charge in [-0.05, 0) is 56.2 Å². The largest absolute Gasteiger partial charge is 0.493 e. The molecule has 0 aliphatic rings. The summed E-state index contributed by atoms with van der Waals surface area (Å²) in [6.07, 6.45) is 0. The number of benzene rings is 3. The maximum Gasteiger partial charge on any atom is 0.264 e. The number of aryl methyl sites for hydroxylation is 1. The van der Waals surface area contributed by atoms with Crippen molar-refractivity contribution < 1.29 is 27.5 Å². The maximum absolute atomic E-state index is 14.0. The van der Waals surface area contributed by atoms with E-state index in [0.717, 1.165) is 15.4 Å². The smallest absolute Gasteiger partial charge is 0.264 e. The van der Waals surface area contributed by atoms with Gasteiger partial charge in [-0.3, -0.25) is 13.9 Å². The molecule has 3 aromatic carbocycles. The zero-order chi connectivity index (χ0) is 28.6. The summed E-state index contributed by atoms with van der Waals surface area (Å²) in [5.74, 6) is -0.235. The summed E-state index contributed by atoms with van der Waals surface area (Å²) in [6.45, 7) is 5.38. The van der Waals surface area contributed by atoms with Crippen molar-refractivity contribution in [3.05, 3.63) is 83.9 Å². The fraction of sp³-hybridized carbons (Fsp3) is 0.310. The van der Waals surface area contributed by atoms with Crippen molar-refractivity contribution >= 4 is 27.5 Å². The lowest BCUT2D eigenvalue weighted by Gasteiger charge is -2.32. The first-order valence-corrected chi connectivity index (χ1v) is 14.0. The van der Waals surface area contributed by atoms with Crippen LogP contribution in [0.1, 0.15) is 25.0 Å². The van der Waals surface area contributed by atoms with Crippen LogP contribution in [-0.4, -0.2) is 58.5 Å². The Labute approximate surface area is 230 Å². The number of para-hydroxylation sites is 1. The number of anilines is 1. The molecule has 9 nitrogen and oxygen atoms in total. The molecule has 10 heteroatoms. The molecule has 208 valence electrons. The molecule has 39 heavy (non-hydrogen) atoms. The summed E-state index contributed by atoms with van der Waals surface area (Å²) in [5.41, 5.74) is 2.12. The van der Waals surface area contributed by atoms with Crippen LogP contribution >= 0.6 is 0 Å². The minimum absolute atomic E-state index is 0.0703. The molecule has 2 amide bonds. The normalized spacial score (nSPS) is 11.8. The molecule has 0 spiro atoms. The summed E-state index contributed by atoms with van der Waals surface area (Å²) in [6, 6.07) is 19.4. The van der Waals surface area contributed by atoms with Crippen LogP contribution in [0.3, 0.4) is 0 Å². The maximum atomic E-state index is 14.0. The van der Waals surface area contributed by atoms with Crippen LogP contribution in [0.4, 0.5) is 5.69 Å². The van der Waals surface area contributed by atoms with Gasteiger partial charge in [0.25, 0.3) is 10.0 Å². The molecule has 0 saturated heterocycles. The van der Waals surface area contributed by atoms with Crippen LogP contribution in [0.15, 0.2) is 77.7 Å². The Kier molecular flexibility index (Phi) is 9.95. The second-order valence-electron chi connectivity index (χ2n) is 8.88. The molecular formula is C29H35N3O6S. The highest BCUT2D eigenvalue weighted by atomic mass is 32.2. The minimum Gasteiger partial charge on any atom is -0.493 e. The predicted molar refractivity (Wildman–Crippen MR) is 150 cm³/mol. The van der Waals surface area contributed by atoms with Gasteiger partial charge in [0.2, 0.25) is 11.8 Å². The molecule has 0 aliphatic carbocycles. The Morgan fingerprint density at radius 3 is 2.18 bits per heavy atom. The number of likely N-dealkylation sites (N-methyl/N-ethyl adjacent to an activating group) is 1. The molecule has 0 radical (unpaired) electrons. The molecule has 0 heterocycles. The van der Waals surface area contributed by atoms with Crippen molar-refractivity contribution in [2.24, 2.45) is 0 Å². The van der Waals surface area contributed by atoms with E-state index in [1.807, 2.05) is 31.2 Å². The standard InChI is InChI=1S/C29H35N3O6S/c1-6-30-29(34)22(3)31(19-23-13-11-10-12-21(23)2)28(33)20-32(24-14-8-7-9-15-24)39(35,36)25-16-17-26(37-4)27(18-25)38-5/h7-18,22H,6,19-20H2,1-5H3,(H,30,34). The van der Waals surface area contributed by atoms with Gasteiger partial charge in [-0.15, -0.1) is 0 Å². The van der Waals surface area contributed by atoms with E-state index in [1.54, 1.807) is 44.2 Å². The Morgan fingerprint density at radius 1 is 0.923 bits per heavy atom. The number of hydrogen-bond acceptors (Lipinski definition) is 6. The molecule has 1 atom stereocenters. The summed E-state index contributed by atoms with van der Waals surface area (Å²) >= 11 is 0. The Balaban J connectivity index is 2.05. The van der Waals surface area contributed by atoms with Crippen LogP contribution in [-0.2, 0) is 26.2 Å². The highest BCUT2D eigenvalue weighted by molar-refractivity contribution is 7.92. The molecule has 0 aliphatic heterocycles. The molecule has 0 fully saturated rings. The van der Waals surface area contributed by atoms with Gasteiger partial charge in [0.05, 0.1) is 24.8 Å². The number of carbonyl (C=O) groups is 2. The number of amides is 2. The summed E-state index contributed by atoms with van der Waals surface area (Å²) in [5, 5.41) is 2.76. The lowest BCUT2D eigenvalue weighted by molar-refractivity contribution is -0.139. The number of rotatable bonds is 12. The van der Waals surface area contributed by atoms with E-state index in [4.69, 9.17) is 9.47 Å². The van der Waals surface area contributed by atoms with Gasteiger partial charge in [0.1, 0.15) is 12.6 Å². The van der Waals surface area contributed by atoms with Crippen LogP contribution in [0.5, 0.6) is 11.5 Å². The van der Waals surface area contributed by atoms with E-state index in [0.29, 0.717) is 18.0 Å². The topological polar surface area (TPSA) is 105 Å². The Bertz CT molecular complexity index is 1400. The van der Waals surface area contributed by atoms with Gasteiger partial charge in [-0.2, -0.15) is 0 Å². The van der Waals surface area contributed by atoms with Gasteiger partial charge >= 0.3 is 0 Å². The second kappa shape index (κ2) is 13.1. The lowest BCUT2D eigenvalue weighted by Crippen LogP contribution is -2.51. The summed E-state index contributed by atoms with van der Waals surface area (Å²) in [7, 11) is -1.35. The zero-order valence-corrected chi connectivity index (χ0v) is 23.7. The SMILES string of the molecule is CCNC(=O)C(C)N(Cc1ccccc1C)C(=O)CN(c1ccccc1)S(=O)(=O)c1ccc(OC)c(OC)c1. The van der Waals surface area contributed by atoms with Crippen molar-refractivity contribution in [1.29, 1.82) is 0 Å². The van der Waals surface area contributed by atoms with Gasteiger partial charge in [-0.25, -0.2) is 8.42 Å². The fourth-order valence-corrected chi connectivity index (χ4v) is 5.53. The van der Waals surface area contributed by atoms with E-state index in [-0.39, 0.29) is 23.1 Å². The highest BCUT2D eigenvalue weighted by Gasteiger charge is 2.33. The van der Waals surface area contributed by atoms with Crippen LogP contribution < -0.4 is 19.1 Å². The van der Waals surface area contributed by atoms with Gasteiger partial charge in [-0.1, -0.05) is 42.5 Å². The Morgan fingerprint density at radius 2 is 1.56 bits per heavy atom. The molecule has 0 saturated carbocycles. The molecule has 3 aromatic rings. The van der Waals surface area contributed by atoms with E-state index < -0.39 is 28.5 Å². The highest BCUT2D eigenvalue weighted by Crippen LogP contribution is 2.32. The van der Waals surface area contributed by atoms with E-state index in [2.05, 4.69) is 5.32 Å². The third-order valence-corrected chi connectivity index (χ3v) is 8.16.